The Kier molecular flexibility index (Phi) is 5.14. The van der Waals surface area contributed by atoms with Crippen molar-refractivity contribution in [3.8, 4) is 0 Å². The van der Waals surface area contributed by atoms with Crippen molar-refractivity contribution in [2.24, 2.45) is 17.6 Å². The molecule has 1 aliphatic carbocycles. The van der Waals surface area contributed by atoms with Gasteiger partial charge in [-0.25, -0.2) is 0 Å². The Labute approximate surface area is 125 Å². The van der Waals surface area contributed by atoms with Crippen LogP contribution in [0, 0.1) is 11.8 Å². The highest BCUT2D eigenvalue weighted by molar-refractivity contribution is 5.03. The molecule has 0 aromatic carbocycles. The van der Waals surface area contributed by atoms with Crippen LogP contribution < -0.4 is 5.73 Å². The van der Waals surface area contributed by atoms with E-state index in [1.54, 1.807) is 0 Å². The molecule has 1 saturated heterocycles. The summed E-state index contributed by atoms with van der Waals surface area (Å²) in [4.78, 5) is 5.29. The van der Waals surface area contributed by atoms with E-state index in [2.05, 4.69) is 44.5 Å². The minimum atomic E-state index is 0.260. The van der Waals surface area contributed by atoms with Crippen molar-refractivity contribution in [2.45, 2.75) is 71.0 Å². The summed E-state index contributed by atoms with van der Waals surface area (Å²) in [6.45, 7) is 12.7. The van der Waals surface area contributed by atoms with Gasteiger partial charge in [0, 0.05) is 37.3 Å². The number of likely N-dealkylation sites (N-methyl/N-ethyl adjacent to an activating group) is 1. The van der Waals surface area contributed by atoms with Gasteiger partial charge >= 0.3 is 0 Å². The summed E-state index contributed by atoms with van der Waals surface area (Å²) < 4.78 is 0. The summed E-state index contributed by atoms with van der Waals surface area (Å²) in [6.07, 6.45) is 5.42. The van der Waals surface area contributed by atoms with Crippen molar-refractivity contribution in [2.75, 3.05) is 26.7 Å². The van der Waals surface area contributed by atoms with E-state index in [0.717, 1.165) is 18.4 Å². The van der Waals surface area contributed by atoms with Gasteiger partial charge in [0.1, 0.15) is 0 Å². The lowest BCUT2D eigenvalue weighted by molar-refractivity contribution is -0.0655. The summed E-state index contributed by atoms with van der Waals surface area (Å²) >= 11 is 0. The molecule has 4 unspecified atom stereocenters. The molecular weight excluding hydrogens is 246 g/mol. The highest BCUT2D eigenvalue weighted by Crippen LogP contribution is 2.43. The molecule has 3 nitrogen and oxygen atoms in total. The van der Waals surface area contributed by atoms with Gasteiger partial charge in [-0.1, -0.05) is 26.7 Å². The number of rotatable bonds is 3. The molecule has 0 aromatic heterocycles. The molecule has 0 aromatic rings. The van der Waals surface area contributed by atoms with E-state index in [1.807, 2.05) is 0 Å². The second kappa shape index (κ2) is 6.33. The number of piperazine rings is 1. The molecule has 2 rings (SSSR count). The molecule has 3 heteroatoms. The molecule has 0 spiro atoms. The molecule has 2 aliphatic rings. The van der Waals surface area contributed by atoms with Gasteiger partial charge in [-0.2, -0.15) is 0 Å². The van der Waals surface area contributed by atoms with Crippen molar-refractivity contribution in [3.05, 3.63) is 0 Å². The van der Waals surface area contributed by atoms with E-state index in [9.17, 15) is 0 Å². The fraction of sp³-hybridized carbons (Fsp3) is 1.00. The number of nitrogens with two attached hydrogens (primary N) is 1. The second-order valence-electron chi connectivity index (χ2n) is 7.67. The first kappa shape index (κ1) is 16.3. The molecule has 1 aliphatic heterocycles. The third-order valence-corrected chi connectivity index (χ3v) is 6.21. The zero-order valence-corrected chi connectivity index (χ0v) is 14.2. The van der Waals surface area contributed by atoms with Crippen LogP contribution in [0.1, 0.15) is 53.4 Å². The molecule has 20 heavy (non-hydrogen) atoms. The molecule has 0 bridgehead atoms. The smallest absolute Gasteiger partial charge is 0.0363 e. The van der Waals surface area contributed by atoms with Gasteiger partial charge in [0.05, 0.1) is 0 Å². The first-order valence-corrected chi connectivity index (χ1v) is 8.59. The van der Waals surface area contributed by atoms with Crippen LogP contribution in [0.25, 0.3) is 0 Å². The molecule has 1 saturated carbocycles. The van der Waals surface area contributed by atoms with Crippen molar-refractivity contribution < 1.29 is 0 Å². The maximum absolute atomic E-state index is 6.37. The zero-order valence-electron chi connectivity index (χ0n) is 14.2. The lowest BCUT2D eigenvalue weighted by atomic mass is 9.66. The van der Waals surface area contributed by atoms with E-state index >= 15 is 0 Å². The van der Waals surface area contributed by atoms with Crippen LogP contribution in [0.3, 0.4) is 0 Å². The molecular formula is C17H35N3. The van der Waals surface area contributed by atoms with E-state index < -0.39 is 0 Å². The highest BCUT2D eigenvalue weighted by atomic mass is 15.3. The fourth-order valence-electron chi connectivity index (χ4n) is 4.75. The van der Waals surface area contributed by atoms with Crippen LogP contribution in [0.2, 0.25) is 0 Å². The van der Waals surface area contributed by atoms with E-state index in [1.165, 1.54) is 38.8 Å². The average molecular weight is 281 g/mol. The maximum atomic E-state index is 6.37. The van der Waals surface area contributed by atoms with Gasteiger partial charge in [0.15, 0.2) is 0 Å². The normalized spacial score (nSPS) is 41.2. The van der Waals surface area contributed by atoms with Gasteiger partial charge in [0.25, 0.3) is 0 Å². The third kappa shape index (κ3) is 2.77. The van der Waals surface area contributed by atoms with Crippen molar-refractivity contribution in [3.63, 3.8) is 0 Å². The lowest BCUT2D eigenvalue weighted by Crippen LogP contribution is -2.68. The zero-order chi connectivity index (χ0) is 14.9. The summed E-state index contributed by atoms with van der Waals surface area (Å²) in [5, 5.41) is 0. The summed E-state index contributed by atoms with van der Waals surface area (Å²) in [7, 11) is 2.27. The molecule has 1 heterocycles. The number of hydrogen-bond donors (Lipinski definition) is 1. The van der Waals surface area contributed by atoms with Crippen LogP contribution >= 0.6 is 0 Å². The first-order chi connectivity index (χ1) is 9.42. The number of hydrogen-bond acceptors (Lipinski definition) is 3. The molecule has 118 valence electrons. The van der Waals surface area contributed by atoms with Crippen LogP contribution in [0.4, 0.5) is 0 Å². The Morgan fingerprint density at radius 1 is 1.15 bits per heavy atom. The largest absolute Gasteiger partial charge is 0.329 e. The van der Waals surface area contributed by atoms with Crippen LogP contribution in [0.5, 0.6) is 0 Å². The van der Waals surface area contributed by atoms with Crippen LogP contribution in [-0.2, 0) is 0 Å². The number of nitrogens with zero attached hydrogens (tertiary/aromatic N) is 2. The fourth-order valence-corrected chi connectivity index (χ4v) is 4.75. The first-order valence-electron chi connectivity index (χ1n) is 8.59. The van der Waals surface area contributed by atoms with Crippen molar-refractivity contribution >= 4 is 0 Å². The Balaban J connectivity index is 2.24. The van der Waals surface area contributed by atoms with Crippen LogP contribution in [-0.4, -0.2) is 54.1 Å². The second-order valence-corrected chi connectivity index (χ2v) is 7.67. The SMILES string of the molecule is CC(C)C1CCCCC1(CN)N1CC(C)N(C)C(C)C1. The maximum Gasteiger partial charge on any atom is 0.0363 e. The van der Waals surface area contributed by atoms with E-state index in [4.69, 9.17) is 5.73 Å². The Bertz CT molecular complexity index is 305. The molecule has 2 fully saturated rings. The quantitative estimate of drug-likeness (QED) is 0.863. The monoisotopic (exact) mass is 281 g/mol. The summed E-state index contributed by atoms with van der Waals surface area (Å²) in [6, 6.07) is 1.27. The topological polar surface area (TPSA) is 32.5 Å². The predicted octanol–water partition coefficient (Wildman–Crippen LogP) is 2.55. The third-order valence-electron chi connectivity index (χ3n) is 6.21. The Morgan fingerprint density at radius 3 is 2.25 bits per heavy atom. The van der Waals surface area contributed by atoms with E-state index in [-0.39, 0.29) is 5.54 Å². The average Bonchev–Trinajstić information content (AvgIpc) is 2.43. The summed E-state index contributed by atoms with van der Waals surface area (Å²) in [5.74, 6) is 1.51. The minimum absolute atomic E-state index is 0.260. The molecule has 2 N–H and O–H groups in total. The van der Waals surface area contributed by atoms with E-state index in [0.29, 0.717) is 12.1 Å². The molecule has 0 amide bonds. The van der Waals surface area contributed by atoms with Crippen molar-refractivity contribution in [1.82, 2.24) is 9.80 Å². The lowest BCUT2D eigenvalue weighted by Gasteiger charge is -2.57. The van der Waals surface area contributed by atoms with Crippen LogP contribution in [0.15, 0.2) is 0 Å². The van der Waals surface area contributed by atoms with Gasteiger partial charge in [0.2, 0.25) is 0 Å². The summed E-state index contributed by atoms with van der Waals surface area (Å²) in [5.41, 5.74) is 6.63. The molecule has 0 radical (unpaired) electrons. The highest BCUT2D eigenvalue weighted by Gasteiger charge is 2.47. The van der Waals surface area contributed by atoms with Crippen molar-refractivity contribution in [1.29, 1.82) is 0 Å². The van der Waals surface area contributed by atoms with Gasteiger partial charge in [-0.15, -0.1) is 0 Å². The molecule has 4 atom stereocenters. The van der Waals surface area contributed by atoms with Gasteiger partial charge < -0.3 is 5.73 Å². The minimum Gasteiger partial charge on any atom is -0.329 e. The predicted molar refractivity (Wildman–Crippen MR) is 86.8 cm³/mol. The Hall–Kier alpha value is -0.120. The van der Waals surface area contributed by atoms with Gasteiger partial charge in [-0.05, 0) is 45.6 Å². The van der Waals surface area contributed by atoms with Gasteiger partial charge in [-0.3, -0.25) is 9.80 Å². The Morgan fingerprint density at radius 2 is 1.75 bits per heavy atom. The standard InChI is InChI=1S/C17H35N3/c1-13(2)16-8-6-7-9-17(16,12-18)20-10-14(3)19(5)15(4)11-20/h13-16H,6-12,18H2,1-5H3.